The number of amides is 1. The highest BCUT2D eigenvalue weighted by atomic mass is 32.1. The fourth-order valence-electron chi connectivity index (χ4n) is 2.46. The number of hydrogen-bond donors (Lipinski definition) is 2. The highest BCUT2D eigenvalue weighted by molar-refractivity contribution is 7.80. The molecule has 0 bridgehead atoms. The number of nitrogens with zero attached hydrogens (tertiary/aromatic N) is 1. The third-order valence-electron chi connectivity index (χ3n) is 4.10. The van der Waals surface area contributed by atoms with Crippen LogP contribution in [0, 0.1) is 12.7 Å². The number of nitrogens with one attached hydrogen (secondary N) is 1. The lowest BCUT2D eigenvalue weighted by atomic mass is 9.87. The lowest BCUT2D eigenvalue weighted by Gasteiger charge is -2.40. The second-order valence-corrected chi connectivity index (χ2v) is 6.11. The molecule has 6 heteroatoms. The van der Waals surface area contributed by atoms with Crippen molar-refractivity contribution in [2.24, 2.45) is 5.73 Å². The highest BCUT2D eigenvalue weighted by Crippen LogP contribution is 2.23. The van der Waals surface area contributed by atoms with Crippen molar-refractivity contribution in [1.82, 2.24) is 10.2 Å². The molecular formula is C15H20FN3OS. The van der Waals surface area contributed by atoms with Crippen LogP contribution in [-0.4, -0.2) is 41.5 Å². The summed E-state index contributed by atoms with van der Waals surface area (Å²) in [4.78, 5) is 14.8. The Kier molecular flexibility index (Phi) is 4.58. The van der Waals surface area contributed by atoms with Gasteiger partial charge < -0.3 is 16.0 Å². The highest BCUT2D eigenvalue weighted by Gasteiger charge is 2.38. The molecule has 2 rings (SSSR count). The second kappa shape index (κ2) is 6.07. The summed E-state index contributed by atoms with van der Waals surface area (Å²) in [6.07, 6.45) is 1.33. The molecule has 3 N–H and O–H groups in total. The molecule has 4 nitrogen and oxygen atoms in total. The normalized spacial score (nSPS) is 18.2. The van der Waals surface area contributed by atoms with Crippen LogP contribution in [0.3, 0.4) is 0 Å². The third kappa shape index (κ3) is 3.39. The number of benzene rings is 1. The summed E-state index contributed by atoms with van der Waals surface area (Å²) in [6.45, 7) is 3.27. The average Bonchev–Trinajstić information content (AvgIpc) is 2.44. The molecule has 0 aromatic heterocycles. The van der Waals surface area contributed by atoms with Crippen LogP contribution in [-0.2, 0) is 0 Å². The molecule has 21 heavy (non-hydrogen) atoms. The van der Waals surface area contributed by atoms with Gasteiger partial charge in [-0.3, -0.25) is 4.79 Å². The van der Waals surface area contributed by atoms with Crippen molar-refractivity contribution in [3.05, 3.63) is 35.1 Å². The van der Waals surface area contributed by atoms with Gasteiger partial charge in [0.2, 0.25) is 0 Å². The molecule has 1 aromatic carbocycles. The average molecular weight is 309 g/mol. The first-order valence-corrected chi connectivity index (χ1v) is 7.32. The first-order valence-electron chi connectivity index (χ1n) is 6.91. The van der Waals surface area contributed by atoms with E-state index < -0.39 is 11.4 Å². The van der Waals surface area contributed by atoms with E-state index >= 15 is 0 Å². The van der Waals surface area contributed by atoms with Gasteiger partial charge in [0.15, 0.2) is 0 Å². The van der Waals surface area contributed by atoms with Crippen molar-refractivity contribution in [3.63, 3.8) is 0 Å². The molecule has 1 fully saturated rings. The first kappa shape index (κ1) is 15.9. The van der Waals surface area contributed by atoms with Crippen LogP contribution in [0.1, 0.15) is 28.8 Å². The molecule has 0 saturated carbocycles. The number of halogens is 1. The Labute approximate surface area is 129 Å². The second-order valence-electron chi connectivity index (χ2n) is 5.67. The van der Waals surface area contributed by atoms with Crippen LogP contribution in [0.25, 0.3) is 0 Å². The zero-order chi connectivity index (χ0) is 15.6. The van der Waals surface area contributed by atoms with E-state index in [2.05, 4.69) is 10.2 Å². The van der Waals surface area contributed by atoms with Crippen molar-refractivity contribution < 1.29 is 9.18 Å². The van der Waals surface area contributed by atoms with E-state index in [9.17, 15) is 9.18 Å². The summed E-state index contributed by atoms with van der Waals surface area (Å²) >= 11 is 5.15. The molecule has 1 heterocycles. The van der Waals surface area contributed by atoms with Gasteiger partial charge in [-0.25, -0.2) is 4.39 Å². The number of carbonyl (C=O) groups excluding carboxylic acids is 1. The number of hydrogen-bond acceptors (Lipinski definition) is 3. The van der Waals surface area contributed by atoms with E-state index in [0.717, 1.165) is 13.1 Å². The van der Waals surface area contributed by atoms with Crippen molar-refractivity contribution in [1.29, 1.82) is 0 Å². The molecule has 0 unspecified atom stereocenters. The number of thiocarbonyl (C=S) groups is 1. The fraction of sp³-hybridized carbons (Fsp3) is 0.467. The quantitative estimate of drug-likeness (QED) is 0.833. The fourth-order valence-corrected chi connectivity index (χ4v) is 2.71. The number of carbonyl (C=O) groups is 1. The summed E-state index contributed by atoms with van der Waals surface area (Å²) in [5, 5.41) is 2.92. The van der Waals surface area contributed by atoms with Gasteiger partial charge in [-0.15, -0.1) is 0 Å². The number of nitrogens with two attached hydrogens (primary N) is 1. The van der Waals surface area contributed by atoms with Gasteiger partial charge in [-0.2, -0.15) is 0 Å². The summed E-state index contributed by atoms with van der Waals surface area (Å²) in [7, 11) is 2.01. The van der Waals surface area contributed by atoms with Crippen LogP contribution in [0.2, 0.25) is 0 Å². The smallest absolute Gasteiger partial charge is 0.252 e. The minimum absolute atomic E-state index is 0.285. The summed E-state index contributed by atoms with van der Waals surface area (Å²) in [5.41, 5.74) is 5.97. The molecule has 0 spiro atoms. The molecular weight excluding hydrogens is 289 g/mol. The van der Waals surface area contributed by atoms with E-state index in [1.54, 1.807) is 19.1 Å². The van der Waals surface area contributed by atoms with Crippen LogP contribution >= 0.6 is 12.2 Å². The molecule has 1 saturated heterocycles. The summed E-state index contributed by atoms with van der Waals surface area (Å²) in [5.74, 6) is -0.735. The number of likely N-dealkylation sites (tertiary alicyclic amines) is 1. The number of aryl methyl sites for hydroxylation is 1. The van der Waals surface area contributed by atoms with Gasteiger partial charge in [0.05, 0.1) is 10.5 Å². The molecule has 0 aliphatic carbocycles. The number of rotatable bonds is 3. The number of piperidine rings is 1. The van der Waals surface area contributed by atoms with Gasteiger partial charge in [0.25, 0.3) is 5.91 Å². The standard InChI is InChI=1S/C15H20FN3OS/c1-10-3-4-11(9-12(10)16)13(20)18-15(14(17)21)5-7-19(2)8-6-15/h3-4,9H,5-8H2,1-2H3,(H2,17,21)(H,18,20). The minimum Gasteiger partial charge on any atom is -0.391 e. The van der Waals surface area contributed by atoms with Crippen molar-refractivity contribution in [3.8, 4) is 0 Å². The summed E-state index contributed by atoms with van der Waals surface area (Å²) in [6, 6.07) is 4.44. The van der Waals surface area contributed by atoms with Crippen LogP contribution in [0.15, 0.2) is 18.2 Å². The Morgan fingerprint density at radius 2 is 2.05 bits per heavy atom. The maximum atomic E-state index is 13.6. The summed E-state index contributed by atoms with van der Waals surface area (Å²) < 4.78 is 13.6. The third-order valence-corrected chi connectivity index (χ3v) is 4.49. The van der Waals surface area contributed by atoms with Crippen molar-refractivity contribution in [2.75, 3.05) is 20.1 Å². The largest absolute Gasteiger partial charge is 0.391 e. The van der Waals surface area contributed by atoms with Gasteiger partial charge >= 0.3 is 0 Å². The topological polar surface area (TPSA) is 58.4 Å². The van der Waals surface area contributed by atoms with Crippen molar-refractivity contribution in [2.45, 2.75) is 25.3 Å². The van der Waals surface area contributed by atoms with E-state index in [4.69, 9.17) is 18.0 Å². The zero-order valence-electron chi connectivity index (χ0n) is 12.3. The predicted molar refractivity (Wildman–Crippen MR) is 84.9 cm³/mol. The Bertz CT molecular complexity index is 568. The van der Waals surface area contributed by atoms with Crippen LogP contribution < -0.4 is 11.1 Å². The van der Waals surface area contributed by atoms with Gasteiger partial charge in [-0.1, -0.05) is 18.3 Å². The van der Waals surface area contributed by atoms with Gasteiger partial charge in [0, 0.05) is 18.7 Å². The molecule has 1 aromatic rings. The Morgan fingerprint density at radius 3 is 2.57 bits per heavy atom. The van der Waals surface area contributed by atoms with Crippen LogP contribution in [0.4, 0.5) is 4.39 Å². The minimum atomic E-state index is -0.680. The Morgan fingerprint density at radius 1 is 1.43 bits per heavy atom. The van der Waals surface area contributed by atoms with E-state index in [1.165, 1.54) is 6.07 Å². The zero-order valence-corrected chi connectivity index (χ0v) is 13.1. The molecule has 1 amide bonds. The Balaban J connectivity index is 2.19. The molecule has 0 radical (unpaired) electrons. The van der Waals surface area contributed by atoms with Crippen LogP contribution in [0.5, 0.6) is 0 Å². The Hall–Kier alpha value is -1.53. The molecule has 1 aliphatic rings. The monoisotopic (exact) mass is 309 g/mol. The maximum absolute atomic E-state index is 13.6. The SMILES string of the molecule is Cc1ccc(C(=O)NC2(C(N)=S)CCN(C)CC2)cc1F. The first-order chi connectivity index (χ1) is 9.84. The molecule has 114 valence electrons. The van der Waals surface area contributed by atoms with E-state index in [-0.39, 0.29) is 16.5 Å². The van der Waals surface area contributed by atoms with Gasteiger partial charge in [-0.05, 0) is 44.5 Å². The molecule has 0 atom stereocenters. The molecule has 1 aliphatic heterocycles. The van der Waals surface area contributed by atoms with Crippen molar-refractivity contribution >= 4 is 23.1 Å². The predicted octanol–water partition coefficient (Wildman–Crippen LogP) is 1.61. The maximum Gasteiger partial charge on any atom is 0.252 e. The lowest BCUT2D eigenvalue weighted by Crippen LogP contribution is -2.61. The van der Waals surface area contributed by atoms with E-state index in [1.807, 2.05) is 7.05 Å². The van der Waals surface area contributed by atoms with Gasteiger partial charge in [0.1, 0.15) is 5.82 Å². The lowest BCUT2D eigenvalue weighted by molar-refractivity contribution is 0.0890. The van der Waals surface area contributed by atoms with E-state index in [0.29, 0.717) is 18.4 Å².